The van der Waals surface area contributed by atoms with Crippen LogP contribution in [0.3, 0.4) is 0 Å². The van der Waals surface area contributed by atoms with E-state index < -0.39 is 16.0 Å². The maximum Gasteiger partial charge on any atom is 0.335 e. The molecule has 1 aromatic carbocycles. The zero-order chi connectivity index (χ0) is 14.5. The number of aromatic carboxylic acids is 1. The van der Waals surface area contributed by atoms with Crippen molar-refractivity contribution in [2.24, 2.45) is 0 Å². The molecule has 0 fully saturated rings. The fourth-order valence-corrected chi connectivity index (χ4v) is 2.77. The van der Waals surface area contributed by atoms with Crippen molar-refractivity contribution >= 4 is 16.0 Å². The largest absolute Gasteiger partial charge is 0.478 e. The highest BCUT2D eigenvalue weighted by Gasteiger charge is 2.18. The Balaban J connectivity index is 3.02. The number of rotatable bonds is 5. The van der Waals surface area contributed by atoms with Crippen molar-refractivity contribution in [1.29, 1.82) is 0 Å². The van der Waals surface area contributed by atoms with E-state index in [-0.39, 0.29) is 17.0 Å². The molecule has 1 rings (SSSR count). The Hall–Kier alpha value is -1.84. The molecular weight excluding hydrogens is 266 g/mol. The topological polar surface area (TPSA) is 83.5 Å². The van der Waals surface area contributed by atoms with Gasteiger partial charge < -0.3 is 5.11 Å². The minimum absolute atomic E-state index is 0.0168. The smallest absolute Gasteiger partial charge is 0.335 e. The van der Waals surface area contributed by atoms with Gasteiger partial charge in [0.05, 0.1) is 10.5 Å². The number of benzene rings is 1. The van der Waals surface area contributed by atoms with Gasteiger partial charge in [-0.05, 0) is 31.5 Å². The monoisotopic (exact) mass is 281 g/mol. The van der Waals surface area contributed by atoms with Crippen molar-refractivity contribution in [2.45, 2.75) is 25.2 Å². The van der Waals surface area contributed by atoms with Gasteiger partial charge in [-0.15, -0.1) is 11.8 Å². The second-order valence-electron chi connectivity index (χ2n) is 3.86. The Morgan fingerprint density at radius 2 is 2.11 bits per heavy atom. The zero-order valence-corrected chi connectivity index (χ0v) is 11.5. The van der Waals surface area contributed by atoms with Crippen LogP contribution in [-0.4, -0.2) is 26.0 Å². The Labute approximate surface area is 112 Å². The molecular formula is C13H15NO4S. The molecule has 6 heteroatoms. The predicted molar refractivity (Wildman–Crippen MR) is 71.4 cm³/mol. The molecule has 2 N–H and O–H groups in total. The lowest BCUT2D eigenvalue weighted by molar-refractivity contribution is 0.0696. The molecule has 0 aliphatic carbocycles. The highest BCUT2D eigenvalue weighted by Crippen LogP contribution is 2.17. The van der Waals surface area contributed by atoms with Crippen molar-refractivity contribution in [2.75, 3.05) is 6.54 Å². The number of hydrogen-bond donors (Lipinski definition) is 2. The van der Waals surface area contributed by atoms with Crippen LogP contribution in [0, 0.1) is 18.8 Å². The van der Waals surface area contributed by atoms with Gasteiger partial charge in [0, 0.05) is 13.0 Å². The maximum absolute atomic E-state index is 12.0. The number of aryl methyl sites for hydroxylation is 1. The van der Waals surface area contributed by atoms with E-state index in [9.17, 15) is 13.2 Å². The predicted octanol–water partition coefficient (Wildman–Crippen LogP) is 1.38. The Bertz CT molecular complexity index is 638. The summed E-state index contributed by atoms with van der Waals surface area (Å²) in [6.45, 7) is 3.49. The quantitative estimate of drug-likeness (QED) is 0.631. The third kappa shape index (κ3) is 4.09. The molecule has 0 radical (unpaired) electrons. The number of carboxylic acid groups (broad SMARTS) is 1. The third-order valence-corrected chi connectivity index (χ3v) is 4.05. The first-order valence-electron chi connectivity index (χ1n) is 5.61. The summed E-state index contributed by atoms with van der Waals surface area (Å²) < 4.78 is 26.5. The van der Waals surface area contributed by atoms with Gasteiger partial charge in [0.15, 0.2) is 0 Å². The normalized spacial score (nSPS) is 10.6. The standard InChI is InChI=1S/C13H15NO4S/c1-3-4-5-8-14-19(17,18)12-9-11(13(15)16)7-6-10(12)2/h6-7,9,14H,5,8H2,1-2H3,(H,15,16). The van der Waals surface area contributed by atoms with Gasteiger partial charge in [-0.2, -0.15) is 0 Å². The fraction of sp³-hybridized carbons (Fsp3) is 0.308. The Morgan fingerprint density at radius 1 is 1.42 bits per heavy atom. The van der Waals surface area contributed by atoms with Crippen molar-refractivity contribution in [3.05, 3.63) is 29.3 Å². The number of carbonyl (C=O) groups is 1. The summed E-state index contributed by atoms with van der Waals surface area (Å²) in [5.74, 6) is 4.25. The fourth-order valence-electron chi connectivity index (χ4n) is 1.47. The lowest BCUT2D eigenvalue weighted by Gasteiger charge is -2.09. The molecule has 0 amide bonds. The average Bonchev–Trinajstić information content (AvgIpc) is 2.34. The van der Waals surface area contributed by atoms with Crippen LogP contribution in [0.1, 0.15) is 29.3 Å². The molecule has 0 aliphatic heterocycles. The van der Waals surface area contributed by atoms with E-state index in [1.807, 2.05) is 0 Å². The van der Waals surface area contributed by atoms with E-state index >= 15 is 0 Å². The summed E-state index contributed by atoms with van der Waals surface area (Å²) in [5.41, 5.74) is 0.443. The van der Waals surface area contributed by atoms with Crippen LogP contribution < -0.4 is 4.72 Å². The van der Waals surface area contributed by atoms with Gasteiger partial charge >= 0.3 is 5.97 Å². The van der Waals surface area contributed by atoms with Crippen molar-refractivity contribution in [1.82, 2.24) is 4.72 Å². The summed E-state index contributed by atoms with van der Waals surface area (Å²) in [6, 6.07) is 4.01. The Morgan fingerprint density at radius 3 is 2.68 bits per heavy atom. The number of hydrogen-bond acceptors (Lipinski definition) is 3. The summed E-state index contributed by atoms with van der Waals surface area (Å²) in [7, 11) is -3.71. The SMILES string of the molecule is CC#CCCNS(=O)(=O)c1cc(C(=O)O)ccc1C. The van der Waals surface area contributed by atoms with Gasteiger partial charge in [-0.25, -0.2) is 17.9 Å². The summed E-state index contributed by atoms with van der Waals surface area (Å²) in [6.07, 6.45) is 0.410. The number of carboxylic acids is 1. The third-order valence-electron chi connectivity index (χ3n) is 2.44. The Kier molecular flexibility index (Phi) is 5.10. The second kappa shape index (κ2) is 6.36. The lowest BCUT2D eigenvalue weighted by Crippen LogP contribution is -2.25. The first-order chi connectivity index (χ1) is 8.88. The van der Waals surface area contributed by atoms with E-state index in [0.717, 1.165) is 6.07 Å². The van der Waals surface area contributed by atoms with Crippen LogP contribution in [0.5, 0.6) is 0 Å². The summed E-state index contributed by atoms with van der Waals surface area (Å²) in [5, 5.41) is 8.88. The second-order valence-corrected chi connectivity index (χ2v) is 5.60. The van der Waals surface area contributed by atoms with Crippen LogP contribution in [-0.2, 0) is 10.0 Å². The van der Waals surface area contributed by atoms with Crippen molar-refractivity contribution in [3.8, 4) is 11.8 Å². The molecule has 0 heterocycles. The van der Waals surface area contributed by atoms with Crippen LogP contribution in [0.15, 0.2) is 23.1 Å². The van der Waals surface area contributed by atoms with Gasteiger partial charge in [-0.1, -0.05) is 6.07 Å². The van der Waals surface area contributed by atoms with Gasteiger partial charge in [0.2, 0.25) is 10.0 Å². The molecule has 0 saturated carbocycles. The molecule has 102 valence electrons. The maximum atomic E-state index is 12.0. The van der Waals surface area contributed by atoms with Crippen molar-refractivity contribution < 1.29 is 18.3 Å². The first kappa shape index (κ1) is 15.2. The number of nitrogens with one attached hydrogen (secondary N) is 1. The molecule has 0 bridgehead atoms. The minimum Gasteiger partial charge on any atom is -0.478 e. The molecule has 0 saturated heterocycles. The van der Waals surface area contributed by atoms with Crippen LogP contribution in [0.2, 0.25) is 0 Å². The van der Waals surface area contributed by atoms with Crippen molar-refractivity contribution in [3.63, 3.8) is 0 Å². The molecule has 5 nitrogen and oxygen atoms in total. The molecule has 0 atom stereocenters. The highest BCUT2D eigenvalue weighted by atomic mass is 32.2. The minimum atomic E-state index is -3.71. The van der Waals surface area contributed by atoms with Crippen LogP contribution in [0.25, 0.3) is 0 Å². The molecule has 1 aromatic rings. The van der Waals surface area contributed by atoms with E-state index in [4.69, 9.17) is 5.11 Å². The first-order valence-corrected chi connectivity index (χ1v) is 7.10. The van der Waals surface area contributed by atoms with Crippen LogP contribution >= 0.6 is 0 Å². The zero-order valence-electron chi connectivity index (χ0n) is 10.7. The average molecular weight is 281 g/mol. The van der Waals surface area contributed by atoms with Gasteiger partial charge in [0.1, 0.15) is 0 Å². The molecule has 0 spiro atoms. The lowest BCUT2D eigenvalue weighted by atomic mass is 10.1. The van der Waals surface area contributed by atoms with E-state index in [2.05, 4.69) is 16.6 Å². The molecule has 0 unspecified atom stereocenters. The molecule has 0 aromatic heterocycles. The van der Waals surface area contributed by atoms with E-state index in [1.54, 1.807) is 13.8 Å². The van der Waals surface area contributed by atoms with E-state index in [0.29, 0.717) is 12.0 Å². The van der Waals surface area contributed by atoms with Gasteiger partial charge in [-0.3, -0.25) is 0 Å². The number of sulfonamides is 1. The summed E-state index contributed by atoms with van der Waals surface area (Å²) in [4.78, 5) is 10.8. The van der Waals surface area contributed by atoms with E-state index in [1.165, 1.54) is 12.1 Å². The molecule has 19 heavy (non-hydrogen) atoms. The summed E-state index contributed by atoms with van der Waals surface area (Å²) >= 11 is 0. The van der Waals surface area contributed by atoms with Gasteiger partial charge in [0.25, 0.3) is 0 Å². The molecule has 0 aliphatic rings. The highest BCUT2D eigenvalue weighted by molar-refractivity contribution is 7.89. The van der Waals surface area contributed by atoms with Crippen LogP contribution in [0.4, 0.5) is 0 Å².